The fraction of sp³-hybridized carbons (Fsp3) is 0.571. The van der Waals surface area contributed by atoms with E-state index in [1.165, 1.54) is 6.26 Å². The van der Waals surface area contributed by atoms with Crippen molar-refractivity contribution >= 4 is 11.8 Å². The van der Waals surface area contributed by atoms with E-state index in [4.69, 9.17) is 4.42 Å². The third kappa shape index (κ3) is 6.92. The lowest BCUT2D eigenvalue weighted by Gasteiger charge is -2.27. The van der Waals surface area contributed by atoms with E-state index in [1.807, 2.05) is 19.0 Å². The first-order valence-corrected chi connectivity index (χ1v) is 6.76. The molecule has 1 unspecified atom stereocenters. The van der Waals surface area contributed by atoms with Gasteiger partial charge in [-0.25, -0.2) is 0 Å². The quantitative estimate of drug-likeness (QED) is 0.619. The highest BCUT2D eigenvalue weighted by atomic mass is 16.3. The number of carbonyl (C=O) groups excluding carboxylic acids is 2. The summed E-state index contributed by atoms with van der Waals surface area (Å²) in [5, 5.41) is 15.3. The van der Waals surface area contributed by atoms with Crippen LogP contribution in [-0.2, 0) is 4.79 Å². The Morgan fingerprint density at radius 2 is 2.10 bits per heavy atom. The number of furan rings is 1. The van der Waals surface area contributed by atoms with Crippen molar-refractivity contribution in [3.05, 3.63) is 24.2 Å². The first-order chi connectivity index (χ1) is 9.80. The molecule has 3 N–H and O–H groups in total. The Morgan fingerprint density at radius 1 is 1.38 bits per heavy atom. The number of aliphatic hydroxyl groups is 1. The number of hydrogen-bond acceptors (Lipinski definition) is 5. The fourth-order valence-corrected chi connectivity index (χ4v) is 1.90. The van der Waals surface area contributed by atoms with Crippen LogP contribution in [0.4, 0.5) is 0 Å². The van der Waals surface area contributed by atoms with Gasteiger partial charge in [0.1, 0.15) is 0 Å². The lowest BCUT2D eigenvalue weighted by Crippen LogP contribution is -2.47. The highest BCUT2D eigenvalue weighted by Crippen LogP contribution is 2.02. The first-order valence-electron chi connectivity index (χ1n) is 6.76. The molecule has 0 radical (unpaired) electrons. The van der Waals surface area contributed by atoms with Gasteiger partial charge >= 0.3 is 0 Å². The second-order valence-corrected chi connectivity index (χ2v) is 5.49. The van der Waals surface area contributed by atoms with Crippen molar-refractivity contribution in [3.8, 4) is 0 Å². The van der Waals surface area contributed by atoms with Gasteiger partial charge < -0.3 is 25.1 Å². The summed E-state index contributed by atoms with van der Waals surface area (Å²) in [6.45, 7) is 2.48. The number of nitrogens with zero attached hydrogens (tertiary/aromatic N) is 1. The predicted octanol–water partition coefficient (Wildman–Crippen LogP) is -0.172. The molecule has 1 atom stereocenters. The number of hydrogen-bond donors (Lipinski definition) is 3. The molecule has 0 spiro atoms. The van der Waals surface area contributed by atoms with Gasteiger partial charge in [0.15, 0.2) is 5.76 Å². The zero-order valence-electron chi connectivity index (χ0n) is 12.7. The summed E-state index contributed by atoms with van der Waals surface area (Å²) in [5.74, 6) is -0.370. The van der Waals surface area contributed by atoms with E-state index in [-0.39, 0.29) is 37.1 Å². The van der Waals surface area contributed by atoms with Crippen molar-refractivity contribution < 1.29 is 19.1 Å². The third-order valence-corrected chi connectivity index (χ3v) is 2.71. The van der Waals surface area contributed by atoms with Gasteiger partial charge in [-0.05, 0) is 33.2 Å². The fourth-order valence-electron chi connectivity index (χ4n) is 1.90. The normalized spacial score (nSPS) is 13.8. The Bertz CT molecular complexity index is 455. The molecule has 1 heterocycles. The van der Waals surface area contributed by atoms with Crippen LogP contribution in [0, 0.1) is 0 Å². The van der Waals surface area contributed by atoms with Crippen molar-refractivity contribution in [1.29, 1.82) is 0 Å². The topological polar surface area (TPSA) is 94.8 Å². The molecule has 0 saturated heterocycles. The molecular formula is C14H23N3O4. The molecule has 0 fully saturated rings. The van der Waals surface area contributed by atoms with E-state index in [2.05, 4.69) is 10.6 Å². The number of likely N-dealkylation sites (N-methyl/N-ethyl adjacent to an activating group) is 1. The average molecular weight is 297 g/mol. The molecule has 0 aliphatic rings. The average Bonchev–Trinajstić information content (AvgIpc) is 2.88. The van der Waals surface area contributed by atoms with Crippen LogP contribution < -0.4 is 10.6 Å². The van der Waals surface area contributed by atoms with Crippen LogP contribution in [0.15, 0.2) is 22.8 Å². The Morgan fingerprint density at radius 3 is 2.67 bits per heavy atom. The molecular weight excluding hydrogens is 274 g/mol. The minimum Gasteiger partial charge on any atom is -0.459 e. The second kappa shape index (κ2) is 7.80. The molecule has 1 rings (SSSR count). The van der Waals surface area contributed by atoms with Gasteiger partial charge in [0.05, 0.1) is 11.9 Å². The maximum absolute atomic E-state index is 11.6. The van der Waals surface area contributed by atoms with E-state index in [0.29, 0.717) is 6.54 Å². The van der Waals surface area contributed by atoms with Crippen LogP contribution in [-0.4, -0.2) is 61.2 Å². The van der Waals surface area contributed by atoms with E-state index in [0.717, 1.165) is 0 Å². The third-order valence-electron chi connectivity index (χ3n) is 2.71. The van der Waals surface area contributed by atoms with Gasteiger partial charge in [-0.1, -0.05) is 0 Å². The molecule has 1 aromatic rings. The van der Waals surface area contributed by atoms with E-state index in [9.17, 15) is 14.7 Å². The molecule has 118 valence electrons. The van der Waals surface area contributed by atoms with Crippen LogP contribution >= 0.6 is 0 Å². The summed E-state index contributed by atoms with van der Waals surface area (Å²) in [6.07, 6.45) is 1.55. The van der Waals surface area contributed by atoms with Crippen LogP contribution in [0.2, 0.25) is 0 Å². The summed E-state index contributed by atoms with van der Waals surface area (Å²) in [7, 11) is 3.70. The number of rotatable bonds is 8. The van der Waals surface area contributed by atoms with Crippen molar-refractivity contribution in [3.63, 3.8) is 0 Å². The van der Waals surface area contributed by atoms with E-state index >= 15 is 0 Å². The second-order valence-electron chi connectivity index (χ2n) is 5.49. The molecule has 7 nitrogen and oxygen atoms in total. The Balaban J connectivity index is 2.21. The zero-order valence-corrected chi connectivity index (χ0v) is 12.7. The molecule has 0 saturated carbocycles. The molecule has 7 heteroatoms. The lowest BCUT2D eigenvalue weighted by molar-refractivity contribution is -0.122. The van der Waals surface area contributed by atoms with Crippen molar-refractivity contribution in [1.82, 2.24) is 15.5 Å². The molecule has 0 aromatic carbocycles. The van der Waals surface area contributed by atoms with Crippen LogP contribution in [0.3, 0.4) is 0 Å². The summed E-state index contributed by atoms with van der Waals surface area (Å²) in [5.41, 5.74) is -0.990. The van der Waals surface area contributed by atoms with Crippen LogP contribution in [0.1, 0.15) is 23.9 Å². The Labute approximate surface area is 124 Å². The van der Waals surface area contributed by atoms with Crippen molar-refractivity contribution in [2.75, 3.05) is 33.7 Å². The largest absolute Gasteiger partial charge is 0.459 e. The van der Waals surface area contributed by atoms with Crippen LogP contribution in [0.5, 0.6) is 0 Å². The number of nitrogens with one attached hydrogen (secondary N) is 2. The van der Waals surface area contributed by atoms with Crippen LogP contribution in [0.25, 0.3) is 0 Å². The van der Waals surface area contributed by atoms with Gasteiger partial charge in [0.2, 0.25) is 5.91 Å². The zero-order chi connectivity index (χ0) is 15.9. The minimum absolute atomic E-state index is 0.143. The molecule has 0 aliphatic carbocycles. The van der Waals surface area contributed by atoms with E-state index in [1.54, 1.807) is 19.1 Å². The Kier molecular flexibility index (Phi) is 6.39. The van der Waals surface area contributed by atoms with Crippen molar-refractivity contribution in [2.24, 2.45) is 0 Å². The first kappa shape index (κ1) is 17.2. The number of amides is 2. The maximum Gasteiger partial charge on any atom is 0.286 e. The number of carbonyl (C=O) groups is 2. The highest BCUT2D eigenvalue weighted by molar-refractivity contribution is 5.91. The van der Waals surface area contributed by atoms with Gasteiger partial charge in [0.25, 0.3) is 5.91 Å². The van der Waals surface area contributed by atoms with Gasteiger partial charge in [-0.2, -0.15) is 0 Å². The molecule has 1 aromatic heterocycles. The summed E-state index contributed by atoms with van der Waals surface area (Å²) in [6, 6.07) is 3.17. The molecule has 0 aliphatic heterocycles. The van der Waals surface area contributed by atoms with Gasteiger partial charge in [-0.15, -0.1) is 0 Å². The minimum atomic E-state index is -0.990. The molecule has 0 bridgehead atoms. The van der Waals surface area contributed by atoms with Gasteiger partial charge in [0, 0.05) is 26.1 Å². The van der Waals surface area contributed by atoms with Gasteiger partial charge in [-0.3, -0.25) is 9.59 Å². The summed E-state index contributed by atoms with van der Waals surface area (Å²) < 4.78 is 4.93. The lowest BCUT2D eigenvalue weighted by atomic mass is 10.1. The van der Waals surface area contributed by atoms with Crippen molar-refractivity contribution in [2.45, 2.75) is 18.9 Å². The SMILES string of the molecule is CN(C)CC(C)(O)CNC(=O)CCNC(=O)c1ccco1. The molecule has 21 heavy (non-hydrogen) atoms. The maximum atomic E-state index is 11.6. The smallest absolute Gasteiger partial charge is 0.286 e. The summed E-state index contributed by atoms with van der Waals surface area (Å²) >= 11 is 0. The summed E-state index contributed by atoms with van der Waals surface area (Å²) in [4.78, 5) is 25.0. The monoisotopic (exact) mass is 297 g/mol. The standard InChI is InChI=1S/C14H23N3O4/c1-14(20,10-17(2)3)9-16-12(18)6-7-15-13(19)11-5-4-8-21-11/h4-5,8,20H,6-7,9-10H2,1-3H3,(H,15,19)(H,16,18). The Hall–Kier alpha value is -1.86. The highest BCUT2D eigenvalue weighted by Gasteiger charge is 2.21. The van der Waals surface area contributed by atoms with E-state index < -0.39 is 5.60 Å². The molecule has 2 amide bonds. The predicted molar refractivity (Wildman–Crippen MR) is 77.8 cm³/mol.